The summed E-state index contributed by atoms with van der Waals surface area (Å²) in [5, 5.41) is 9.47. The Hall–Kier alpha value is -1.13. The van der Waals surface area contributed by atoms with Crippen molar-refractivity contribution in [3.63, 3.8) is 0 Å². The highest BCUT2D eigenvalue weighted by Gasteiger charge is 2.55. The molecule has 1 unspecified atom stereocenters. The van der Waals surface area contributed by atoms with Crippen molar-refractivity contribution in [1.29, 1.82) is 0 Å². The van der Waals surface area contributed by atoms with E-state index >= 15 is 0 Å². The molecule has 1 aromatic rings. The number of pyridine rings is 1. The van der Waals surface area contributed by atoms with Gasteiger partial charge in [0.1, 0.15) is 5.15 Å². The second-order valence-electron chi connectivity index (χ2n) is 3.96. The Labute approximate surface area is 98.2 Å². The highest BCUT2D eigenvalue weighted by molar-refractivity contribution is 6.29. The number of hydrogen-bond donors (Lipinski definition) is 1. The van der Waals surface area contributed by atoms with Gasteiger partial charge in [-0.1, -0.05) is 17.7 Å². The maximum Gasteiger partial charge on any atom is 0.333 e. The number of halogens is 1. The number of carbonyl (C=O) groups is 1. The van der Waals surface area contributed by atoms with Crippen LogP contribution in [0.5, 0.6) is 0 Å². The van der Waals surface area contributed by atoms with Gasteiger partial charge >= 0.3 is 5.97 Å². The van der Waals surface area contributed by atoms with Crippen molar-refractivity contribution in [2.75, 3.05) is 7.11 Å². The molecule has 0 bridgehead atoms. The molecule has 2 rings (SSSR count). The minimum absolute atomic E-state index is 0.379. The molecule has 0 amide bonds. The summed E-state index contributed by atoms with van der Waals surface area (Å²) >= 11 is 5.81. The van der Waals surface area contributed by atoms with Crippen molar-refractivity contribution in [3.8, 4) is 0 Å². The molecule has 1 atom stereocenters. The number of aromatic nitrogens is 1. The Bertz CT molecular complexity index is 417. The number of carboxylic acid groups (broad SMARTS) is 1. The van der Waals surface area contributed by atoms with E-state index in [4.69, 9.17) is 21.4 Å². The van der Waals surface area contributed by atoms with E-state index in [9.17, 15) is 4.79 Å². The molecule has 0 radical (unpaired) electrons. The molecule has 1 aromatic heterocycles. The number of carboxylic acids is 1. The van der Waals surface area contributed by atoms with Gasteiger partial charge in [-0.15, -0.1) is 0 Å². The normalized spacial score (nSPS) is 19.1. The first-order valence-corrected chi connectivity index (χ1v) is 5.36. The second kappa shape index (κ2) is 4.03. The lowest BCUT2D eigenvalue weighted by Crippen LogP contribution is -2.36. The molecule has 1 saturated carbocycles. The molecule has 1 heterocycles. The van der Waals surface area contributed by atoms with Crippen LogP contribution in [0.3, 0.4) is 0 Å². The van der Waals surface area contributed by atoms with Gasteiger partial charge in [0, 0.05) is 12.5 Å². The van der Waals surface area contributed by atoms with Gasteiger partial charge in [-0.05, 0) is 25.0 Å². The lowest BCUT2D eigenvalue weighted by Gasteiger charge is -2.21. The van der Waals surface area contributed by atoms with Crippen LogP contribution in [-0.2, 0) is 14.9 Å². The maximum absolute atomic E-state index is 11.1. The topological polar surface area (TPSA) is 59.4 Å². The third kappa shape index (κ3) is 1.79. The van der Waals surface area contributed by atoms with Gasteiger partial charge in [0.25, 0.3) is 0 Å². The quantitative estimate of drug-likeness (QED) is 0.818. The van der Waals surface area contributed by atoms with Crippen molar-refractivity contribution in [3.05, 3.63) is 29.0 Å². The first-order valence-electron chi connectivity index (χ1n) is 4.99. The molecular weight excluding hydrogens is 230 g/mol. The molecule has 86 valence electrons. The van der Waals surface area contributed by atoms with Crippen LogP contribution >= 0.6 is 11.6 Å². The highest BCUT2D eigenvalue weighted by atomic mass is 35.5. The largest absolute Gasteiger partial charge is 0.479 e. The molecule has 16 heavy (non-hydrogen) atoms. The smallest absolute Gasteiger partial charge is 0.333 e. The van der Waals surface area contributed by atoms with Crippen LogP contribution in [0.25, 0.3) is 0 Å². The summed E-state index contributed by atoms with van der Waals surface area (Å²) < 4.78 is 5.05. The third-order valence-electron chi connectivity index (χ3n) is 2.98. The Morgan fingerprint density at radius 1 is 1.62 bits per heavy atom. The van der Waals surface area contributed by atoms with Crippen LogP contribution < -0.4 is 0 Å². The standard InChI is InChI=1S/C11H12ClNO3/c1-16-9(10(14)15)11(5-6-11)7-3-2-4-8(12)13-7/h2-4,9H,5-6H2,1H3,(H,14,15). The van der Waals surface area contributed by atoms with E-state index in [1.807, 2.05) is 0 Å². The predicted molar refractivity (Wildman–Crippen MR) is 58.6 cm³/mol. The van der Waals surface area contributed by atoms with Crippen LogP contribution in [-0.4, -0.2) is 29.3 Å². The first kappa shape index (κ1) is 11.4. The number of hydrogen-bond acceptors (Lipinski definition) is 3. The van der Waals surface area contributed by atoms with Gasteiger partial charge < -0.3 is 9.84 Å². The monoisotopic (exact) mass is 241 g/mol. The number of aliphatic carboxylic acids is 1. The third-order valence-corrected chi connectivity index (χ3v) is 3.19. The molecular formula is C11H12ClNO3. The van der Waals surface area contributed by atoms with Crippen molar-refractivity contribution in [2.24, 2.45) is 0 Å². The lowest BCUT2D eigenvalue weighted by molar-refractivity contribution is -0.150. The van der Waals surface area contributed by atoms with Crippen molar-refractivity contribution < 1.29 is 14.6 Å². The fourth-order valence-electron chi connectivity index (χ4n) is 2.04. The van der Waals surface area contributed by atoms with E-state index in [0.29, 0.717) is 10.8 Å². The average Bonchev–Trinajstić information content (AvgIpc) is 3.00. The average molecular weight is 242 g/mol. The molecule has 0 aromatic carbocycles. The van der Waals surface area contributed by atoms with E-state index in [1.165, 1.54) is 7.11 Å². The van der Waals surface area contributed by atoms with E-state index in [-0.39, 0.29) is 0 Å². The van der Waals surface area contributed by atoms with Gasteiger partial charge in [-0.25, -0.2) is 9.78 Å². The number of ether oxygens (including phenoxy) is 1. The number of methoxy groups -OCH3 is 1. The van der Waals surface area contributed by atoms with Crippen molar-refractivity contribution in [2.45, 2.75) is 24.4 Å². The summed E-state index contributed by atoms with van der Waals surface area (Å²) in [7, 11) is 1.41. The second-order valence-corrected chi connectivity index (χ2v) is 4.34. The summed E-state index contributed by atoms with van der Waals surface area (Å²) in [4.78, 5) is 15.3. The van der Waals surface area contributed by atoms with E-state index in [2.05, 4.69) is 4.98 Å². The Kier molecular flexibility index (Phi) is 2.86. The van der Waals surface area contributed by atoms with Crippen LogP contribution in [0.15, 0.2) is 18.2 Å². The van der Waals surface area contributed by atoms with E-state index < -0.39 is 17.5 Å². The van der Waals surface area contributed by atoms with Crippen LogP contribution in [0.2, 0.25) is 5.15 Å². The Morgan fingerprint density at radius 2 is 2.31 bits per heavy atom. The minimum Gasteiger partial charge on any atom is -0.479 e. The summed E-state index contributed by atoms with van der Waals surface area (Å²) in [6, 6.07) is 5.25. The zero-order valence-electron chi connectivity index (χ0n) is 8.81. The Balaban J connectivity index is 2.35. The van der Waals surface area contributed by atoms with Gasteiger partial charge in [0.15, 0.2) is 6.10 Å². The molecule has 1 aliphatic carbocycles. The fourth-order valence-corrected chi connectivity index (χ4v) is 2.20. The Morgan fingerprint density at radius 3 is 2.75 bits per heavy atom. The van der Waals surface area contributed by atoms with Gasteiger partial charge in [0.05, 0.1) is 5.69 Å². The summed E-state index contributed by atoms with van der Waals surface area (Å²) in [6.07, 6.45) is 0.689. The minimum atomic E-state index is -0.957. The van der Waals surface area contributed by atoms with E-state index in [0.717, 1.165) is 12.8 Å². The van der Waals surface area contributed by atoms with Gasteiger partial charge in [-0.3, -0.25) is 0 Å². The maximum atomic E-state index is 11.1. The molecule has 5 heteroatoms. The highest BCUT2D eigenvalue weighted by Crippen LogP contribution is 2.51. The zero-order valence-corrected chi connectivity index (χ0v) is 9.57. The van der Waals surface area contributed by atoms with Gasteiger partial charge in [0.2, 0.25) is 0 Å². The lowest BCUT2D eigenvalue weighted by atomic mass is 9.94. The number of rotatable bonds is 4. The summed E-state index contributed by atoms with van der Waals surface area (Å²) in [5.41, 5.74) is 0.208. The van der Waals surface area contributed by atoms with Gasteiger partial charge in [-0.2, -0.15) is 0 Å². The summed E-state index contributed by atoms with van der Waals surface area (Å²) in [5.74, 6) is -0.957. The van der Waals surface area contributed by atoms with Crippen molar-refractivity contribution >= 4 is 17.6 Å². The predicted octanol–water partition coefficient (Wildman–Crippen LogP) is 1.87. The SMILES string of the molecule is COC(C(=O)O)C1(c2cccc(Cl)n2)CC1. The molecule has 0 aliphatic heterocycles. The zero-order chi connectivity index (χ0) is 11.8. The van der Waals surface area contributed by atoms with Crippen molar-refractivity contribution in [1.82, 2.24) is 4.98 Å². The van der Waals surface area contributed by atoms with E-state index in [1.54, 1.807) is 18.2 Å². The van der Waals surface area contributed by atoms with Crippen LogP contribution in [0, 0.1) is 0 Å². The molecule has 1 N–H and O–H groups in total. The van der Waals surface area contributed by atoms with Crippen LogP contribution in [0.4, 0.5) is 0 Å². The molecule has 4 nitrogen and oxygen atoms in total. The van der Waals surface area contributed by atoms with Crippen LogP contribution in [0.1, 0.15) is 18.5 Å². The molecule has 1 aliphatic rings. The first-order chi connectivity index (χ1) is 7.60. The fraction of sp³-hybridized carbons (Fsp3) is 0.455. The molecule has 0 saturated heterocycles. The summed E-state index contributed by atoms with van der Waals surface area (Å²) in [6.45, 7) is 0. The molecule has 1 fully saturated rings. The molecule has 0 spiro atoms. The number of nitrogens with zero attached hydrogens (tertiary/aromatic N) is 1.